The fourth-order valence-electron chi connectivity index (χ4n) is 2.96. The van der Waals surface area contributed by atoms with Crippen molar-refractivity contribution < 1.29 is 19.2 Å². The number of rotatable bonds is 6. The van der Waals surface area contributed by atoms with Crippen molar-refractivity contribution in [2.24, 2.45) is 0 Å². The zero-order chi connectivity index (χ0) is 21.1. The number of carbonyl (C=O) groups excluding carboxylic acids is 2. The molecular formula is C20H22N4O5. The highest BCUT2D eigenvalue weighted by Crippen LogP contribution is 2.36. The lowest BCUT2D eigenvalue weighted by atomic mass is 10.1. The van der Waals surface area contributed by atoms with E-state index in [1.807, 2.05) is 19.0 Å². The van der Waals surface area contributed by atoms with E-state index in [1.54, 1.807) is 30.0 Å². The van der Waals surface area contributed by atoms with Crippen LogP contribution in [-0.2, 0) is 4.79 Å². The van der Waals surface area contributed by atoms with Gasteiger partial charge in [0.15, 0.2) is 6.10 Å². The summed E-state index contributed by atoms with van der Waals surface area (Å²) in [4.78, 5) is 38.8. The lowest BCUT2D eigenvalue weighted by molar-refractivity contribution is -0.384. The molecule has 1 aliphatic heterocycles. The Kier molecular flexibility index (Phi) is 5.79. The van der Waals surface area contributed by atoms with Crippen molar-refractivity contribution in [3.63, 3.8) is 0 Å². The van der Waals surface area contributed by atoms with Crippen LogP contribution in [0.2, 0.25) is 0 Å². The summed E-state index contributed by atoms with van der Waals surface area (Å²) in [7, 11) is 3.87. The van der Waals surface area contributed by atoms with Gasteiger partial charge in [-0.2, -0.15) is 0 Å². The Morgan fingerprint density at radius 1 is 1.24 bits per heavy atom. The van der Waals surface area contributed by atoms with Gasteiger partial charge in [-0.05, 0) is 45.3 Å². The maximum absolute atomic E-state index is 12.5. The van der Waals surface area contributed by atoms with Gasteiger partial charge in [-0.25, -0.2) is 0 Å². The third-order valence-corrected chi connectivity index (χ3v) is 4.54. The highest BCUT2D eigenvalue weighted by Gasteiger charge is 2.31. The fraction of sp³-hybridized carbons (Fsp3) is 0.300. The SMILES string of the molecule is CC1Oc2cc(NC(=O)c3ccc([N+](=O)[O-])cc3)ccc2N(CCN(C)C)C1=O. The summed E-state index contributed by atoms with van der Waals surface area (Å²) in [6.45, 7) is 2.92. The molecule has 0 radical (unpaired) electrons. The van der Waals surface area contributed by atoms with Crippen molar-refractivity contribution in [3.05, 3.63) is 58.1 Å². The number of ether oxygens (including phenoxy) is 1. The zero-order valence-electron chi connectivity index (χ0n) is 16.4. The number of hydrogen-bond acceptors (Lipinski definition) is 6. The molecule has 1 atom stereocenters. The molecule has 1 aliphatic rings. The molecule has 0 aromatic heterocycles. The fourth-order valence-corrected chi connectivity index (χ4v) is 2.96. The molecule has 0 fully saturated rings. The second-order valence-corrected chi connectivity index (χ2v) is 6.99. The van der Waals surface area contributed by atoms with Gasteiger partial charge in [0.1, 0.15) is 5.75 Å². The van der Waals surface area contributed by atoms with Crippen LogP contribution in [0.1, 0.15) is 17.3 Å². The van der Waals surface area contributed by atoms with Gasteiger partial charge < -0.3 is 19.9 Å². The summed E-state index contributed by atoms with van der Waals surface area (Å²) < 4.78 is 5.72. The number of non-ortho nitro benzene ring substituents is 1. The van der Waals surface area contributed by atoms with E-state index >= 15 is 0 Å². The molecule has 2 aromatic rings. The smallest absolute Gasteiger partial charge is 0.269 e. The van der Waals surface area contributed by atoms with Gasteiger partial charge in [0.2, 0.25) is 0 Å². The monoisotopic (exact) mass is 398 g/mol. The first kappa shape index (κ1) is 20.3. The van der Waals surface area contributed by atoms with Gasteiger partial charge in [0.05, 0.1) is 10.6 Å². The first-order valence-corrected chi connectivity index (χ1v) is 9.09. The standard InChI is InChI=1S/C20H22N4O5/c1-13-20(26)23(11-10-22(2)3)17-9-6-15(12-18(17)29-13)21-19(25)14-4-7-16(8-5-14)24(27)28/h4-9,12-13H,10-11H2,1-3H3,(H,21,25). The molecule has 0 saturated carbocycles. The molecule has 152 valence electrons. The Morgan fingerprint density at radius 2 is 1.93 bits per heavy atom. The predicted molar refractivity (Wildman–Crippen MR) is 108 cm³/mol. The number of fused-ring (bicyclic) bond motifs is 1. The van der Waals surface area contributed by atoms with Crippen LogP contribution in [0.3, 0.4) is 0 Å². The number of nitro groups is 1. The second-order valence-electron chi connectivity index (χ2n) is 6.99. The van der Waals surface area contributed by atoms with Crippen LogP contribution in [-0.4, -0.2) is 54.9 Å². The van der Waals surface area contributed by atoms with E-state index in [2.05, 4.69) is 5.32 Å². The quantitative estimate of drug-likeness (QED) is 0.592. The van der Waals surface area contributed by atoms with E-state index < -0.39 is 16.9 Å². The van der Waals surface area contributed by atoms with E-state index in [0.717, 1.165) is 0 Å². The number of nitro benzene ring substituents is 1. The van der Waals surface area contributed by atoms with Crippen LogP contribution < -0.4 is 15.0 Å². The number of nitrogens with one attached hydrogen (secondary N) is 1. The average molecular weight is 398 g/mol. The highest BCUT2D eigenvalue weighted by molar-refractivity contribution is 6.05. The Labute approximate surface area is 168 Å². The molecule has 1 heterocycles. The third-order valence-electron chi connectivity index (χ3n) is 4.54. The summed E-state index contributed by atoms with van der Waals surface area (Å²) in [6, 6.07) is 10.4. The zero-order valence-corrected chi connectivity index (χ0v) is 16.4. The van der Waals surface area contributed by atoms with Crippen molar-refractivity contribution in [2.45, 2.75) is 13.0 Å². The lowest BCUT2D eigenvalue weighted by Crippen LogP contribution is -2.46. The van der Waals surface area contributed by atoms with Gasteiger partial charge in [0, 0.05) is 42.5 Å². The molecule has 0 spiro atoms. The van der Waals surface area contributed by atoms with E-state index in [0.29, 0.717) is 35.8 Å². The number of carbonyl (C=O) groups is 2. The predicted octanol–water partition coefficient (Wildman–Crippen LogP) is 2.52. The van der Waals surface area contributed by atoms with Crippen LogP contribution in [0.25, 0.3) is 0 Å². The van der Waals surface area contributed by atoms with Crippen LogP contribution in [0.5, 0.6) is 5.75 Å². The first-order valence-electron chi connectivity index (χ1n) is 9.09. The molecule has 0 bridgehead atoms. The van der Waals surface area contributed by atoms with Crippen LogP contribution >= 0.6 is 0 Å². The van der Waals surface area contributed by atoms with Crippen LogP contribution in [0, 0.1) is 10.1 Å². The number of likely N-dealkylation sites (N-methyl/N-ethyl adjacent to an activating group) is 1. The summed E-state index contributed by atoms with van der Waals surface area (Å²) in [5.41, 5.74) is 1.37. The minimum Gasteiger partial charge on any atom is -0.479 e. The summed E-state index contributed by atoms with van der Waals surface area (Å²) in [6.07, 6.45) is -0.620. The minimum absolute atomic E-state index is 0.0831. The van der Waals surface area contributed by atoms with Gasteiger partial charge in [-0.15, -0.1) is 0 Å². The largest absolute Gasteiger partial charge is 0.479 e. The second kappa shape index (κ2) is 8.27. The maximum atomic E-state index is 12.5. The van der Waals surface area contributed by atoms with E-state index in [-0.39, 0.29) is 11.6 Å². The molecule has 2 aromatic carbocycles. The number of anilines is 2. The van der Waals surface area contributed by atoms with Crippen LogP contribution in [0.4, 0.5) is 17.1 Å². The average Bonchev–Trinajstić information content (AvgIpc) is 2.68. The minimum atomic E-state index is -0.620. The topological polar surface area (TPSA) is 105 Å². The van der Waals surface area contributed by atoms with Gasteiger partial charge in [0.25, 0.3) is 17.5 Å². The first-order chi connectivity index (χ1) is 13.8. The van der Waals surface area contributed by atoms with Crippen molar-refractivity contribution in [2.75, 3.05) is 37.4 Å². The number of benzene rings is 2. The molecular weight excluding hydrogens is 376 g/mol. The van der Waals surface area contributed by atoms with Crippen LogP contribution in [0.15, 0.2) is 42.5 Å². The van der Waals surface area contributed by atoms with Gasteiger partial charge in [-0.3, -0.25) is 19.7 Å². The molecule has 1 N–H and O–H groups in total. The summed E-state index contributed by atoms with van der Waals surface area (Å²) in [5, 5.41) is 13.5. The summed E-state index contributed by atoms with van der Waals surface area (Å²) in [5.74, 6) is 0.00335. The highest BCUT2D eigenvalue weighted by atomic mass is 16.6. The molecule has 0 aliphatic carbocycles. The van der Waals surface area contributed by atoms with Gasteiger partial charge >= 0.3 is 0 Å². The van der Waals surface area contributed by atoms with Crippen molar-refractivity contribution in [1.29, 1.82) is 0 Å². The Morgan fingerprint density at radius 3 is 2.55 bits per heavy atom. The Bertz CT molecular complexity index is 942. The number of hydrogen-bond donors (Lipinski definition) is 1. The molecule has 1 unspecified atom stereocenters. The van der Waals surface area contributed by atoms with E-state index in [9.17, 15) is 19.7 Å². The Balaban J connectivity index is 1.79. The van der Waals surface area contributed by atoms with E-state index in [1.165, 1.54) is 24.3 Å². The van der Waals surface area contributed by atoms with Crippen molar-refractivity contribution in [3.8, 4) is 5.75 Å². The number of nitrogens with zero attached hydrogens (tertiary/aromatic N) is 3. The summed E-state index contributed by atoms with van der Waals surface area (Å²) >= 11 is 0. The molecule has 0 saturated heterocycles. The number of amides is 2. The van der Waals surface area contributed by atoms with Gasteiger partial charge in [-0.1, -0.05) is 0 Å². The lowest BCUT2D eigenvalue weighted by Gasteiger charge is -2.34. The Hall–Kier alpha value is -3.46. The molecule has 9 nitrogen and oxygen atoms in total. The molecule has 9 heteroatoms. The normalized spacial score (nSPS) is 15.7. The maximum Gasteiger partial charge on any atom is 0.269 e. The van der Waals surface area contributed by atoms with E-state index in [4.69, 9.17) is 4.74 Å². The third kappa shape index (κ3) is 4.52. The van der Waals surface area contributed by atoms with Crippen molar-refractivity contribution in [1.82, 2.24) is 4.90 Å². The molecule has 29 heavy (non-hydrogen) atoms. The van der Waals surface area contributed by atoms with Crippen molar-refractivity contribution >= 4 is 28.9 Å². The molecule has 3 rings (SSSR count). The molecule has 2 amide bonds.